The van der Waals surface area contributed by atoms with Gasteiger partial charge < -0.3 is 21.3 Å². The minimum Gasteiger partial charge on any atom is -0.481 e. The van der Waals surface area contributed by atoms with Gasteiger partial charge in [-0.3, -0.25) is 9.59 Å². The lowest BCUT2D eigenvalue weighted by molar-refractivity contribution is -0.135. The zero-order valence-corrected chi connectivity index (χ0v) is 21.1. The number of carboxylic acid groups (broad SMARTS) is 2. The zero-order valence-electron chi connectivity index (χ0n) is 21.1. The number of hydrogen-bond donors (Lipinski definition) is 4. The third-order valence-corrected chi connectivity index (χ3v) is 4.88. The number of carbonyl (C=O) groups is 2. The standard InChI is InChI=1S/C21H46N2.2C2H4O2/c1-3-4-5-6-7-8-9-10-11-12-13-14-15-16-17-18-19-23-21(2)20-22;2*1-2(3)4/h21,23H,3-20,22H2,1-2H3;2*1H3,(H,3,4). The minimum absolute atomic E-state index is 0.478. The van der Waals surface area contributed by atoms with Gasteiger partial charge in [-0.2, -0.15) is 0 Å². The Kier molecular flexibility index (Phi) is 34.5. The molecule has 0 fully saturated rings. The highest BCUT2D eigenvalue weighted by atomic mass is 16.4. The molecule has 31 heavy (non-hydrogen) atoms. The summed E-state index contributed by atoms with van der Waals surface area (Å²) in [7, 11) is 0. The van der Waals surface area contributed by atoms with Crippen LogP contribution in [0.5, 0.6) is 0 Å². The lowest BCUT2D eigenvalue weighted by atomic mass is 10.0. The Labute approximate surface area is 192 Å². The SMILES string of the molecule is CC(=O)O.CC(=O)O.CCCCCCCCCCCCCCCCCCNC(C)CN. The summed E-state index contributed by atoms with van der Waals surface area (Å²) >= 11 is 0. The first-order valence-corrected chi connectivity index (χ1v) is 12.6. The highest BCUT2D eigenvalue weighted by Crippen LogP contribution is 2.13. The molecule has 0 aromatic carbocycles. The summed E-state index contributed by atoms with van der Waals surface area (Å²) in [4.78, 5) is 18.0. The van der Waals surface area contributed by atoms with Gasteiger partial charge in [0, 0.05) is 26.4 Å². The van der Waals surface area contributed by atoms with Crippen LogP contribution in [0.1, 0.15) is 130 Å². The predicted molar refractivity (Wildman–Crippen MR) is 133 cm³/mol. The summed E-state index contributed by atoms with van der Waals surface area (Å²) in [5.41, 5.74) is 5.58. The van der Waals surface area contributed by atoms with E-state index < -0.39 is 11.9 Å². The van der Waals surface area contributed by atoms with Gasteiger partial charge in [0.15, 0.2) is 0 Å². The summed E-state index contributed by atoms with van der Waals surface area (Å²) in [5, 5.41) is 18.3. The van der Waals surface area contributed by atoms with Crippen LogP contribution in [0.2, 0.25) is 0 Å². The van der Waals surface area contributed by atoms with Crippen LogP contribution in [0.15, 0.2) is 0 Å². The fourth-order valence-corrected chi connectivity index (χ4v) is 3.10. The number of nitrogens with one attached hydrogen (secondary N) is 1. The molecule has 0 aromatic rings. The average Bonchev–Trinajstić information content (AvgIpc) is 2.69. The van der Waals surface area contributed by atoms with Gasteiger partial charge in [-0.05, 0) is 19.9 Å². The molecular weight excluding hydrogens is 392 g/mol. The van der Waals surface area contributed by atoms with Gasteiger partial charge in [0.2, 0.25) is 0 Å². The van der Waals surface area contributed by atoms with Crippen molar-refractivity contribution in [1.29, 1.82) is 0 Å². The fourth-order valence-electron chi connectivity index (χ4n) is 3.10. The van der Waals surface area contributed by atoms with E-state index in [1.54, 1.807) is 0 Å². The monoisotopic (exact) mass is 446 g/mol. The van der Waals surface area contributed by atoms with Gasteiger partial charge >= 0.3 is 0 Å². The van der Waals surface area contributed by atoms with Gasteiger partial charge in [0.05, 0.1) is 0 Å². The number of unbranched alkanes of at least 4 members (excludes halogenated alkanes) is 15. The topological polar surface area (TPSA) is 113 Å². The second kappa shape index (κ2) is 31.0. The summed E-state index contributed by atoms with van der Waals surface area (Å²) in [6.07, 6.45) is 23.0. The molecule has 0 bridgehead atoms. The van der Waals surface area contributed by atoms with Crippen LogP contribution >= 0.6 is 0 Å². The van der Waals surface area contributed by atoms with E-state index in [2.05, 4.69) is 19.2 Å². The van der Waals surface area contributed by atoms with E-state index in [-0.39, 0.29) is 0 Å². The van der Waals surface area contributed by atoms with Crippen molar-refractivity contribution in [2.75, 3.05) is 13.1 Å². The summed E-state index contributed by atoms with van der Waals surface area (Å²) < 4.78 is 0. The quantitative estimate of drug-likeness (QED) is 0.172. The van der Waals surface area contributed by atoms with Crippen LogP contribution in [-0.4, -0.2) is 41.3 Å². The Morgan fingerprint density at radius 1 is 0.677 bits per heavy atom. The van der Waals surface area contributed by atoms with E-state index in [0.717, 1.165) is 26.9 Å². The molecule has 188 valence electrons. The number of carboxylic acids is 2. The average molecular weight is 447 g/mol. The van der Waals surface area contributed by atoms with Crippen LogP contribution in [0.3, 0.4) is 0 Å². The molecule has 0 aliphatic rings. The Morgan fingerprint density at radius 3 is 1.19 bits per heavy atom. The number of hydrogen-bond acceptors (Lipinski definition) is 4. The highest BCUT2D eigenvalue weighted by Gasteiger charge is 1.97. The molecule has 0 saturated carbocycles. The molecule has 0 aliphatic carbocycles. The molecule has 0 aliphatic heterocycles. The van der Waals surface area contributed by atoms with Crippen LogP contribution in [0.4, 0.5) is 0 Å². The Morgan fingerprint density at radius 2 is 0.935 bits per heavy atom. The van der Waals surface area contributed by atoms with E-state index in [0.29, 0.717) is 6.04 Å². The highest BCUT2D eigenvalue weighted by molar-refractivity contribution is 5.63. The minimum atomic E-state index is -0.833. The molecular formula is C25H54N2O4. The van der Waals surface area contributed by atoms with Gasteiger partial charge in [-0.25, -0.2) is 0 Å². The van der Waals surface area contributed by atoms with Crippen molar-refractivity contribution >= 4 is 11.9 Å². The molecule has 0 aromatic heterocycles. The van der Waals surface area contributed by atoms with Crippen molar-refractivity contribution < 1.29 is 19.8 Å². The van der Waals surface area contributed by atoms with Crippen molar-refractivity contribution in [2.45, 2.75) is 136 Å². The smallest absolute Gasteiger partial charge is 0.300 e. The van der Waals surface area contributed by atoms with Crippen molar-refractivity contribution in [3.8, 4) is 0 Å². The van der Waals surface area contributed by atoms with E-state index >= 15 is 0 Å². The van der Waals surface area contributed by atoms with Gasteiger partial charge in [-0.1, -0.05) is 103 Å². The van der Waals surface area contributed by atoms with Crippen LogP contribution in [0.25, 0.3) is 0 Å². The Balaban J connectivity index is -0.000000832. The molecule has 0 spiro atoms. The molecule has 1 atom stereocenters. The lowest BCUT2D eigenvalue weighted by Crippen LogP contribution is -2.33. The Bertz CT molecular complexity index is 345. The first kappa shape index (κ1) is 34.5. The lowest BCUT2D eigenvalue weighted by Gasteiger charge is -2.10. The van der Waals surface area contributed by atoms with E-state index in [1.165, 1.54) is 103 Å². The van der Waals surface area contributed by atoms with Crippen LogP contribution in [-0.2, 0) is 9.59 Å². The van der Waals surface area contributed by atoms with Crippen molar-refractivity contribution in [3.05, 3.63) is 0 Å². The summed E-state index contributed by atoms with van der Waals surface area (Å²) in [6.45, 7) is 8.50. The zero-order chi connectivity index (χ0) is 24.2. The second-order valence-corrected chi connectivity index (χ2v) is 8.43. The van der Waals surface area contributed by atoms with Gasteiger partial charge in [0.1, 0.15) is 0 Å². The maximum atomic E-state index is 9.00. The molecule has 0 heterocycles. The van der Waals surface area contributed by atoms with Crippen LogP contribution in [0, 0.1) is 0 Å². The molecule has 6 heteroatoms. The summed E-state index contributed by atoms with van der Waals surface area (Å²) in [5.74, 6) is -1.67. The largest absolute Gasteiger partial charge is 0.481 e. The maximum Gasteiger partial charge on any atom is 0.300 e. The molecule has 0 rings (SSSR count). The first-order valence-electron chi connectivity index (χ1n) is 12.6. The Hall–Kier alpha value is -1.14. The summed E-state index contributed by atoms with van der Waals surface area (Å²) in [6, 6.07) is 0.478. The van der Waals surface area contributed by atoms with E-state index in [1.807, 2.05) is 0 Å². The maximum absolute atomic E-state index is 9.00. The first-order chi connectivity index (χ1) is 14.8. The molecule has 0 amide bonds. The molecule has 6 nitrogen and oxygen atoms in total. The number of rotatable bonds is 19. The third kappa shape index (κ3) is 52.8. The fraction of sp³-hybridized carbons (Fsp3) is 0.920. The van der Waals surface area contributed by atoms with Crippen LogP contribution < -0.4 is 11.1 Å². The van der Waals surface area contributed by atoms with Gasteiger partial charge in [0.25, 0.3) is 11.9 Å². The normalized spacial score (nSPS) is 11.0. The number of nitrogens with two attached hydrogens (primary N) is 1. The van der Waals surface area contributed by atoms with E-state index in [4.69, 9.17) is 25.5 Å². The van der Waals surface area contributed by atoms with Crippen molar-refractivity contribution in [1.82, 2.24) is 5.32 Å². The predicted octanol–water partition coefficient (Wildman–Crippen LogP) is 6.37. The molecule has 1 unspecified atom stereocenters. The third-order valence-electron chi connectivity index (χ3n) is 4.88. The second-order valence-electron chi connectivity index (χ2n) is 8.43. The molecule has 0 saturated heterocycles. The van der Waals surface area contributed by atoms with Crippen molar-refractivity contribution in [3.63, 3.8) is 0 Å². The number of aliphatic carboxylic acids is 2. The van der Waals surface area contributed by atoms with Crippen molar-refractivity contribution in [2.24, 2.45) is 5.73 Å². The van der Waals surface area contributed by atoms with Gasteiger partial charge in [-0.15, -0.1) is 0 Å². The molecule has 5 N–H and O–H groups in total. The van der Waals surface area contributed by atoms with E-state index in [9.17, 15) is 0 Å². The molecule has 0 radical (unpaired) electrons.